The van der Waals surface area contributed by atoms with Gasteiger partial charge >= 0.3 is 6.03 Å². The van der Waals surface area contributed by atoms with Crippen LogP contribution >= 0.6 is 0 Å². The number of nitrogens with zero attached hydrogens (tertiary/aromatic N) is 2. The van der Waals surface area contributed by atoms with Gasteiger partial charge in [-0.3, -0.25) is 4.79 Å². The molecule has 0 spiro atoms. The van der Waals surface area contributed by atoms with Crippen LogP contribution in [0.4, 0.5) is 4.79 Å². The molecule has 0 aromatic carbocycles. The van der Waals surface area contributed by atoms with Crippen molar-refractivity contribution in [3.63, 3.8) is 0 Å². The molecule has 8 heteroatoms. The van der Waals surface area contributed by atoms with E-state index in [1.807, 2.05) is 16.7 Å². The van der Waals surface area contributed by atoms with Crippen LogP contribution in [0, 0.1) is 11.8 Å². The highest BCUT2D eigenvalue weighted by molar-refractivity contribution is 7.91. The Labute approximate surface area is 169 Å². The summed E-state index contributed by atoms with van der Waals surface area (Å²) >= 11 is 0. The van der Waals surface area contributed by atoms with Crippen LogP contribution in [0.2, 0.25) is 0 Å². The Morgan fingerprint density at radius 3 is 2.11 bits per heavy atom. The zero-order chi connectivity index (χ0) is 20.6. The van der Waals surface area contributed by atoms with E-state index in [1.54, 1.807) is 14.0 Å². The molecule has 0 aromatic heterocycles. The molecule has 0 radical (unpaired) electrons. The van der Waals surface area contributed by atoms with Crippen LogP contribution in [0.5, 0.6) is 0 Å². The number of nitrogens with one attached hydrogen (secondary N) is 1. The van der Waals surface area contributed by atoms with E-state index in [-0.39, 0.29) is 35.3 Å². The van der Waals surface area contributed by atoms with Crippen molar-refractivity contribution in [2.24, 2.45) is 11.8 Å². The molecule has 2 aliphatic carbocycles. The van der Waals surface area contributed by atoms with Gasteiger partial charge in [-0.05, 0) is 63.7 Å². The molecule has 3 aliphatic rings. The maximum Gasteiger partial charge on any atom is 0.317 e. The third-order valence-corrected chi connectivity index (χ3v) is 9.03. The number of rotatable bonds is 2. The van der Waals surface area contributed by atoms with Crippen molar-refractivity contribution < 1.29 is 18.0 Å². The fourth-order valence-electron chi connectivity index (χ4n) is 5.99. The second-order valence-corrected chi connectivity index (χ2v) is 11.4. The third kappa shape index (κ3) is 4.16. The molecular formula is C20H35N3O4S. The van der Waals surface area contributed by atoms with Crippen molar-refractivity contribution in [3.8, 4) is 0 Å². The van der Waals surface area contributed by atoms with Gasteiger partial charge in [-0.1, -0.05) is 0 Å². The summed E-state index contributed by atoms with van der Waals surface area (Å²) in [6.07, 6.45) is 7.63. The first-order chi connectivity index (χ1) is 13.1. The van der Waals surface area contributed by atoms with Crippen molar-refractivity contribution >= 4 is 21.8 Å². The minimum absolute atomic E-state index is 0.0257. The highest BCUT2D eigenvalue weighted by atomic mass is 32.2. The molecule has 3 amide bonds. The Hall–Kier alpha value is -1.31. The molecule has 0 aromatic rings. The summed E-state index contributed by atoms with van der Waals surface area (Å²) in [6.45, 7) is 4.21. The number of piperazine rings is 1. The number of hydrogen-bond donors (Lipinski definition) is 1. The SMILES string of the molecule is CNC(=O)N1C[C@H](C)N(C(C)=O)C2CCC(C3CCC(S(C)(=O)=O)CC3)CC21. The topological polar surface area (TPSA) is 86.8 Å². The first kappa shape index (κ1) is 21.4. The molecule has 1 saturated heterocycles. The van der Waals surface area contributed by atoms with E-state index in [2.05, 4.69) is 5.32 Å². The molecule has 3 fully saturated rings. The van der Waals surface area contributed by atoms with Crippen molar-refractivity contribution in [3.05, 3.63) is 0 Å². The molecule has 1 aliphatic heterocycles. The molecule has 160 valence electrons. The maximum absolute atomic E-state index is 12.5. The Balaban J connectivity index is 1.73. The Morgan fingerprint density at radius 1 is 0.964 bits per heavy atom. The lowest BCUT2D eigenvalue weighted by Gasteiger charge is -2.54. The van der Waals surface area contributed by atoms with Gasteiger partial charge in [0, 0.05) is 32.8 Å². The first-order valence-electron chi connectivity index (χ1n) is 10.6. The van der Waals surface area contributed by atoms with Crippen LogP contribution in [0.1, 0.15) is 58.8 Å². The molecule has 0 bridgehead atoms. The average Bonchev–Trinajstić information content (AvgIpc) is 2.65. The monoisotopic (exact) mass is 413 g/mol. The van der Waals surface area contributed by atoms with Crippen LogP contribution in [-0.4, -0.2) is 73.4 Å². The van der Waals surface area contributed by atoms with E-state index in [1.165, 1.54) is 6.26 Å². The van der Waals surface area contributed by atoms with E-state index in [4.69, 9.17) is 0 Å². The second-order valence-electron chi connectivity index (χ2n) is 9.06. The van der Waals surface area contributed by atoms with Crippen molar-refractivity contribution in [2.45, 2.75) is 82.2 Å². The van der Waals surface area contributed by atoms with E-state index < -0.39 is 9.84 Å². The Morgan fingerprint density at radius 2 is 1.57 bits per heavy atom. The fraction of sp³-hybridized carbons (Fsp3) is 0.900. The molecule has 3 rings (SSSR count). The predicted molar refractivity (Wildman–Crippen MR) is 109 cm³/mol. The fourth-order valence-corrected chi connectivity index (χ4v) is 7.12. The largest absolute Gasteiger partial charge is 0.341 e. The Kier molecular flexibility index (Phi) is 6.27. The Bertz CT molecular complexity index is 702. The molecule has 7 nitrogen and oxygen atoms in total. The molecule has 4 atom stereocenters. The van der Waals surface area contributed by atoms with Gasteiger partial charge in [0.25, 0.3) is 0 Å². The summed E-state index contributed by atoms with van der Waals surface area (Å²) in [5.74, 6) is 1.11. The van der Waals surface area contributed by atoms with Crippen molar-refractivity contribution in [2.75, 3.05) is 19.8 Å². The molecule has 1 N–H and O–H groups in total. The summed E-state index contributed by atoms with van der Waals surface area (Å²) in [5.41, 5.74) is 0. The summed E-state index contributed by atoms with van der Waals surface area (Å²) in [4.78, 5) is 28.7. The van der Waals surface area contributed by atoms with Crippen molar-refractivity contribution in [1.29, 1.82) is 0 Å². The number of hydrogen-bond acceptors (Lipinski definition) is 4. The number of amides is 3. The minimum atomic E-state index is -2.95. The van der Waals surface area contributed by atoms with Crippen LogP contribution in [0.15, 0.2) is 0 Å². The molecule has 1 heterocycles. The van der Waals surface area contributed by atoms with Gasteiger partial charge in [0.05, 0.1) is 17.3 Å². The summed E-state index contributed by atoms with van der Waals surface area (Å²) < 4.78 is 23.7. The van der Waals surface area contributed by atoms with Crippen LogP contribution in [0.3, 0.4) is 0 Å². The van der Waals surface area contributed by atoms with Gasteiger partial charge in [-0.2, -0.15) is 0 Å². The molecular weight excluding hydrogens is 378 g/mol. The number of urea groups is 1. The quantitative estimate of drug-likeness (QED) is 0.750. The van der Waals surface area contributed by atoms with Crippen LogP contribution in [0.25, 0.3) is 0 Å². The molecule has 2 saturated carbocycles. The summed E-state index contributed by atoms with van der Waals surface area (Å²) in [7, 11) is -1.29. The highest BCUT2D eigenvalue weighted by Crippen LogP contribution is 2.43. The van der Waals surface area contributed by atoms with Crippen molar-refractivity contribution in [1.82, 2.24) is 15.1 Å². The minimum Gasteiger partial charge on any atom is -0.341 e. The van der Waals surface area contributed by atoms with Crippen LogP contribution in [-0.2, 0) is 14.6 Å². The normalized spacial score (nSPS) is 36.6. The summed E-state index contributed by atoms with van der Waals surface area (Å²) in [6, 6.07) is 0.0953. The van der Waals surface area contributed by atoms with Crippen LogP contribution < -0.4 is 5.32 Å². The zero-order valence-electron chi connectivity index (χ0n) is 17.6. The number of fused-ring (bicyclic) bond motifs is 1. The number of sulfone groups is 1. The predicted octanol–water partition coefficient (Wildman–Crippen LogP) is 2.02. The number of carbonyl (C=O) groups excluding carboxylic acids is 2. The first-order valence-corrected chi connectivity index (χ1v) is 12.5. The average molecular weight is 414 g/mol. The van der Waals surface area contributed by atoms with Gasteiger partial charge in [0.2, 0.25) is 5.91 Å². The van der Waals surface area contributed by atoms with E-state index >= 15 is 0 Å². The molecule has 3 unspecified atom stereocenters. The van der Waals surface area contributed by atoms with Gasteiger partial charge in [-0.15, -0.1) is 0 Å². The number of carbonyl (C=O) groups is 2. The highest BCUT2D eigenvalue weighted by Gasteiger charge is 2.47. The smallest absolute Gasteiger partial charge is 0.317 e. The van der Waals surface area contributed by atoms with Gasteiger partial charge in [0.15, 0.2) is 0 Å². The van der Waals surface area contributed by atoms with Gasteiger partial charge in [-0.25, -0.2) is 13.2 Å². The molecule has 28 heavy (non-hydrogen) atoms. The zero-order valence-corrected chi connectivity index (χ0v) is 18.4. The van der Waals surface area contributed by atoms with Gasteiger partial charge in [0.1, 0.15) is 9.84 Å². The lowest BCUT2D eigenvalue weighted by atomic mass is 9.69. The second kappa shape index (κ2) is 8.20. The lowest BCUT2D eigenvalue weighted by Crippen LogP contribution is -2.68. The summed E-state index contributed by atoms with van der Waals surface area (Å²) in [5, 5.41) is 2.58. The third-order valence-electron chi connectivity index (χ3n) is 7.34. The van der Waals surface area contributed by atoms with E-state index in [0.29, 0.717) is 18.4 Å². The lowest BCUT2D eigenvalue weighted by molar-refractivity contribution is -0.141. The van der Waals surface area contributed by atoms with E-state index in [9.17, 15) is 18.0 Å². The van der Waals surface area contributed by atoms with E-state index in [0.717, 1.165) is 44.9 Å². The van der Waals surface area contributed by atoms with Gasteiger partial charge < -0.3 is 15.1 Å². The standard InChI is InChI=1S/C20H35N3O4S/c1-13-12-22(20(25)21-3)19-11-16(7-10-18(19)23(13)14(2)24)15-5-8-17(9-6-15)28(4,26)27/h13,15-19H,5-12H2,1-4H3,(H,21,25)/t13-,15?,16?,17?,18?,19?/m0/s1. The maximum atomic E-state index is 12.5.